The zero-order valence-corrected chi connectivity index (χ0v) is 13.4. The fraction of sp³-hybridized carbons (Fsp3) is 0.333. The van der Waals surface area contributed by atoms with Crippen molar-refractivity contribution in [2.75, 3.05) is 0 Å². The first kappa shape index (κ1) is 14.7. The number of hydrogen-bond acceptors (Lipinski definition) is 3. The molecule has 2 rings (SSSR count). The molecule has 1 aromatic carbocycles. The normalized spacial score (nSPS) is 12.6. The number of hydrogen-bond donors (Lipinski definition) is 2. The first-order chi connectivity index (χ1) is 9.17. The van der Waals surface area contributed by atoms with Crippen molar-refractivity contribution in [1.29, 1.82) is 0 Å². The van der Waals surface area contributed by atoms with Gasteiger partial charge in [0, 0.05) is 10.9 Å². The molecular weight excluding hydrogens is 320 g/mol. The average molecular weight is 339 g/mol. The Labute approximate surface area is 127 Å². The summed E-state index contributed by atoms with van der Waals surface area (Å²) in [6, 6.07) is 13.3. The molecule has 0 amide bonds. The van der Waals surface area contributed by atoms with E-state index in [1.54, 1.807) is 11.3 Å². The Kier molecular flexibility index (Phi) is 5.58. The van der Waals surface area contributed by atoms with Crippen LogP contribution in [0.2, 0.25) is 0 Å². The van der Waals surface area contributed by atoms with Gasteiger partial charge in [0.2, 0.25) is 0 Å². The first-order valence-electron chi connectivity index (χ1n) is 6.43. The Morgan fingerprint density at radius 3 is 2.53 bits per heavy atom. The van der Waals surface area contributed by atoms with Gasteiger partial charge < -0.3 is 0 Å². The van der Waals surface area contributed by atoms with Crippen LogP contribution >= 0.6 is 27.3 Å². The molecule has 0 aliphatic carbocycles. The molecule has 3 N–H and O–H groups in total. The summed E-state index contributed by atoms with van der Waals surface area (Å²) >= 11 is 5.27. The third-order valence-corrected chi connectivity index (χ3v) is 4.86. The maximum absolute atomic E-state index is 5.66. The number of nitrogens with two attached hydrogens (primary N) is 1. The molecule has 0 saturated heterocycles. The van der Waals surface area contributed by atoms with Crippen LogP contribution in [-0.2, 0) is 12.8 Å². The number of thiophene rings is 1. The van der Waals surface area contributed by atoms with Crippen LogP contribution in [-0.4, -0.2) is 6.04 Å². The summed E-state index contributed by atoms with van der Waals surface area (Å²) in [7, 11) is 0. The highest BCUT2D eigenvalue weighted by Crippen LogP contribution is 2.23. The van der Waals surface area contributed by atoms with Gasteiger partial charge in [-0.05, 0) is 59.8 Å². The molecule has 0 spiro atoms. The highest BCUT2D eigenvalue weighted by Gasteiger charge is 2.09. The Hall–Kier alpha value is -0.680. The van der Waals surface area contributed by atoms with Crippen molar-refractivity contribution in [2.45, 2.75) is 32.2 Å². The second kappa shape index (κ2) is 7.20. The predicted octanol–water partition coefficient (Wildman–Crippen LogP) is 3.83. The minimum atomic E-state index is 0.326. The molecule has 102 valence electrons. The van der Waals surface area contributed by atoms with E-state index in [0.717, 1.165) is 19.3 Å². The van der Waals surface area contributed by atoms with Crippen molar-refractivity contribution < 1.29 is 0 Å². The summed E-state index contributed by atoms with van der Waals surface area (Å²) in [5.41, 5.74) is 5.61. The summed E-state index contributed by atoms with van der Waals surface area (Å²) < 4.78 is 1.18. The first-order valence-corrected chi connectivity index (χ1v) is 8.04. The van der Waals surface area contributed by atoms with Gasteiger partial charge in [-0.15, -0.1) is 11.3 Å². The van der Waals surface area contributed by atoms with Crippen LogP contribution in [0.1, 0.15) is 22.4 Å². The molecule has 1 atom stereocenters. The van der Waals surface area contributed by atoms with Gasteiger partial charge in [0.05, 0.1) is 3.79 Å². The highest BCUT2D eigenvalue weighted by atomic mass is 79.9. The van der Waals surface area contributed by atoms with E-state index in [1.807, 2.05) is 0 Å². The molecule has 0 radical (unpaired) electrons. The van der Waals surface area contributed by atoms with Gasteiger partial charge >= 0.3 is 0 Å². The van der Waals surface area contributed by atoms with E-state index in [4.69, 9.17) is 5.84 Å². The van der Waals surface area contributed by atoms with Gasteiger partial charge in [0.15, 0.2) is 0 Å². The largest absolute Gasteiger partial charge is 0.271 e. The number of benzene rings is 1. The van der Waals surface area contributed by atoms with E-state index in [2.05, 4.69) is 64.7 Å². The third-order valence-electron chi connectivity index (χ3n) is 3.21. The monoisotopic (exact) mass is 338 g/mol. The molecule has 1 aromatic heterocycles. The summed E-state index contributed by atoms with van der Waals surface area (Å²) in [4.78, 5) is 1.36. The third kappa shape index (κ3) is 4.73. The number of aryl methyl sites for hydroxylation is 2. The van der Waals surface area contributed by atoms with Crippen molar-refractivity contribution in [2.24, 2.45) is 5.84 Å². The lowest BCUT2D eigenvalue weighted by Gasteiger charge is -2.14. The Bertz CT molecular complexity index is 507. The van der Waals surface area contributed by atoms with Crippen molar-refractivity contribution >= 4 is 27.3 Å². The standard InChI is InChI=1S/C15H19BrN2S/c1-11-2-4-12(5-3-11)6-7-13(18-17)10-14-8-9-15(16)19-14/h2-5,8-9,13,18H,6-7,10,17H2,1H3. The van der Waals surface area contributed by atoms with Crippen LogP contribution in [0.15, 0.2) is 40.2 Å². The molecule has 0 aliphatic heterocycles. The van der Waals surface area contributed by atoms with Crippen molar-refractivity contribution in [3.8, 4) is 0 Å². The van der Waals surface area contributed by atoms with Crippen LogP contribution in [0.3, 0.4) is 0 Å². The smallest absolute Gasteiger partial charge is 0.0701 e. The Balaban J connectivity index is 1.87. The minimum Gasteiger partial charge on any atom is -0.271 e. The van der Waals surface area contributed by atoms with E-state index < -0.39 is 0 Å². The molecule has 1 unspecified atom stereocenters. The maximum Gasteiger partial charge on any atom is 0.0701 e. The molecular formula is C15H19BrN2S. The lowest BCUT2D eigenvalue weighted by Crippen LogP contribution is -2.36. The lowest BCUT2D eigenvalue weighted by atomic mass is 10.0. The quantitative estimate of drug-likeness (QED) is 0.620. The molecule has 0 aliphatic rings. The molecule has 19 heavy (non-hydrogen) atoms. The summed E-state index contributed by atoms with van der Waals surface area (Å²) in [5.74, 6) is 5.66. The van der Waals surface area contributed by atoms with E-state index in [0.29, 0.717) is 6.04 Å². The van der Waals surface area contributed by atoms with Crippen LogP contribution < -0.4 is 11.3 Å². The van der Waals surface area contributed by atoms with Crippen LogP contribution in [0, 0.1) is 6.92 Å². The lowest BCUT2D eigenvalue weighted by molar-refractivity contribution is 0.494. The molecule has 0 saturated carbocycles. The van der Waals surface area contributed by atoms with E-state index in [1.165, 1.54) is 19.8 Å². The Morgan fingerprint density at radius 1 is 1.21 bits per heavy atom. The van der Waals surface area contributed by atoms with Crippen molar-refractivity contribution in [3.63, 3.8) is 0 Å². The second-order valence-electron chi connectivity index (χ2n) is 4.80. The van der Waals surface area contributed by atoms with Crippen LogP contribution in [0.4, 0.5) is 0 Å². The van der Waals surface area contributed by atoms with Gasteiger partial charge in [0.25, 0.3) is 0 Å². The van der Waals surface area contributed by atoms with Crippen molar-refractivity contribution in [1.82, 2.24) is 5.43 Å². The van der Waals surface area contributed by atoms with Gasteiger partial charge in [-0.1, -0.05) is 29.8 Å². The average Bonchev–Trinajstić information content (AvgIpc) is 2.82. The molecule has 4 heteroatoms. The van der Waals surface area contributed by atoms with Gasteiger partial charge in [-0.25, -0.2) is 0 Å². The molecule has 2 aromatic rings. The van der Waals surface area contributed by atoms with Crippen LogP contribution in [0.25, 0.3) is 0 Å². The SMILES string of the molecule is Cc1ccc(CCC(Cc2ccc(Br)s2)NN)cc1. The fourth-order valence-corrected chi connectivity index (χ4v) is 3.61. The minimum absolute atomic E-state index is 0.326. The topological polar surface area (TPSA) is 38.0 Å². The van der Waals surface area contributed by atoms with E-state index >= 15 is 0 Å². The van der Waals surface area contributed by atoms with E-state index in [9.17, 15) is 0 Å². The zero-order valence-electron chi connectivity index (χ0n) is 11.0. The van der Waals surface area contributed by atoms with E-state index in [-0.39, 0.29) is 0 Å². The Morgan fingerprint density at radius 2 is 1.95 bits per heavy atom. The number of halogens is 1. The summed E-state index contributed by atoms with van der Waals surface area (Å²) in [6.45, 7) is 2.11. The zero-order chi connectivity index (χ0) is 13.7. The second-order valence-corrected chi connectivity index (χ2v) is 7.35. The van der Waals surface area contributed by atoms with Crippen LogP contribution in [0.5, 0.6) is 0 Å². The highest BCUT2D eigenvalue weighted by molar-refractivity contribution is 9.11. The number of nitrogens with one attached hydrogen (secondary N) is 1. The van der Waals surface area contributed by atoms with Crippen molar-refractivity contribution in [3.05, 3.63) is 56.2 Å². The number of rotatable bonds is 6. The molecule has 1 heterocycles. The van der Waals surface area contributed by atoms with Gasteiger partial charge in [0.1, 0.15) is 0 Å². The molecule has 2 nitrogen and oxygen atoms in total. The fourth-order valence-electron chi connectivity index (χ4n) is 2.04. The molecule has 0 bridgehead atoms. The van der Waals surface area contributed by atoms with Gasteiger partial charge in [-0.3, -0.25) is 11.3 Å². The molecule has 0 fully saturated rings. The number of hydrazine groups is 1. The predicted molar refractivity (Wildman–Crippen MR) is 86.3 cm³/mol. The summed E-state index contributed by atoms with van der Waals surface area (Å²) in [5, 5.41) is 0. The summed E-state index contributed by atoms with van der Waals surface area (Å²) in [6.07, 6.45) is 3.09. The van der Waals surface area contributed by atoms with Gasteiger partial charge in [-0.2, -0.15) is 0 Å². The maximum atomic E-state index is 5.66.